The molecular formula is C12H16FN. The fourth-order valence-corrected chi connectivity index (χ4v) is 2.16. The third-order valence-electron chi connectivity index (χ3n) is 2.96. The highest BCUT2D eigenvalue weighted by atomic mass is 19.1. The van der Waals surface area contributed by atoms with Gasteiger partial charge in [-0.2, -0.15) is 0 Å². The lowest BCUT2D eigenvalue weighted by molar-refractivity contribution is 0.412. The van der Waals surface area contributed by atoms with Gasteiger partial charge in [-0.1, -0.05) is 12.1 Å². The van der Waals surface area contributed by atoms with Gasteiger partial charge in [0.1, 0.15) is 5.82 Å². The molecule has 2 heteroatoms. The Hall–Kier alpha value is -0.890. The summed E-state index contributed by atoms with van der Waals surface area (Å²) in [5.74, 6) is -0.154. The summed E-state index contributed by atoms with van der Waals surface area (Å²) >= 11 is 0. The van der Waals surface area contributed by atoms with E-state index in [0.29, 0.717) is 0 Å². The van der Waals surface area contributed by atoms with Crippen molar-refractivity contribution in [2.75, 3.05) is 6.54 Å². The Balaban J connectivity index is 2.06. The van der Waals surface area contributed by atoms with Crippen LogP contribution in [0, 0.1) is 5.82 Å². The van der Waals surface area contributed by atoms with Crippen molar-refractivity contribution in [2.45, 2.75) is 31.7 Å². The Kier molecular flexibility index (Phi) is 2.55. The first-order chi connectivity index (χ1) is 6.68. The lowest BCUT2D eigenvalue weighted by atomic mass is 9.91. The van der Waals surface area contributed by atoms with Gasteiger partial charge >= 0.3 is 0 Å². The summed E-state index contributed by atoms with van der Waals surface area (Å²) < 4.78 is 12.7. The van der Waals surface area contributed by atoms with Gasteiger partial charge in [-0.15, -0.1) is 0 Å². The zero-order valence-electron chi connectivity index (χ0n) is 8.52. The molecule has 0 spiro atoms. The summed E-state index contributed by atoms with van der Waals surface area (Å²) in [4.78, 5) is 0. The minimum absolute atomic E-state index is 0.154. The largest absolute Gasteiger partial charge is 0.311 e. The number of rotatable bonds is 2. The van der Waals surface area contributed by atoms with E-state index in [0.717, 1.165) is 13.0 Å². The molecule has 1 aromatic carbocycles. The SMILES string of the molecule is C[C@@]1(Cc2ccc(F)cc2)CCCN1. The fraction of sp³-hybridized carbons (Fsp3) is 0.500. The molecule has 14 heavy (non-hydrogen) atoms. The monoisotopic (exact) mass is 193 g/mol. The standard InChI is InChI=1S/C12H16FN/c1-12(7-2-8-14-12)9-10-3-5-11(13)6-4-10/h3-6,14H,2,7-9H2,1H3/t12-/m0/s1. The highest BCUT2D eigenvalue weighted by Crippen LogP contribution is 2.23. The first-order valence-electron chi connectivity index (χ1n) is 5.17. The molecule has 1 N–H and O–H groups in total. The molecule has 2 rings (SSSR count). The van der Waals surface area contributed by atoms with Crippen LogP contribution in [0.4, 0.5) is 4.39 Å². The van der Waals surface area contributed by atoms with Gasteiger partial charge in [0, 0.05) is 5.54 Å². The van der Waals surface area contributed by atoms with Gasteiger partial charge < -0.3 is 5.32 Å². The van der Waals surface area contributed by atoms with Crippen molar-refractivity contribution in [2.24, 2.45) is 0 Å². The highest BCUT2D eigenvalue weighted by Gasteiger charge is 2.27. The van der Waals surface area contributed by atoms with Crippen LogP contribution < -0.4 is 5.32 Å². The molecule has 1 atom stereocenters. The minimum atomic E-state index is -0.154. The molecule has 0 saturated carbocycles. The minimum Gasteiger partial charge on any atom is -0.311 e. The second-order valence-corrected chi connectivity index (χ2v) is 4.39. The van der Waals surface area contributed by atoms with Gasteiger partial charge in [-0.3, -0.25) is 0 Å². The molecular weight excluding hydrogens is 177 g/mol. The molecule has 1 aliphatic heterocycles. The van der Waals surface area contributed by atoms with Crippen molar-refractivity contribution >= 4 is 0 Å². The van der Waals surface area contributed by atoms with E-state index in [-0.39, 0.29) is 11.4 Å². The molecule has 0 radical (unpaired) electrons. The van der Waals surface area contributed by atoms with E-state index in [4.69, 9.17) is 0 Å². The Labute approximate surface area is 84.3 Å². The van der Waals surface area contributed by atoms with Crippen molar-refractivity contribution in [3.05, 3.63) is 35.6 Å². The van der Waals surface area contributed by atoms with Crippen molar-refractivity contribution in [1.82, 2.24) is 5.32 Å². The molecule has 1 fully saturated rings. The normalized spacial score (nSPS) is 26.7. The first kappa shape index (κ1) is 9.66. The van der Waals surface area contributed by atoms with Gasteiger partial charge in [-0.05, 0) is 50.4 Å². The zero-order valence-corrected chi connectivity index (χ0v) is 8.52. The Morgan fingerprint density at radius 1 is 1.36 bits per heavy atom. The molecule has 76 valence electrons. The fourth-order valence-electron chi connectivity index (χ4n) is 2.16. The topological polar surface area (TPSA) is 12.0 Å². The summed E-state index contributed by atoms with van der Waals surface area (Å²) in [7, 11) is 0. The van der Waals surface area contributed by atoms with Crippen molar-refractivity contribution < 1.29 is 4.39 Å². The van der Waals surface area contributed by atoms with E-state index in [1.54, 1.807) is 0 Å². The van der Waals surface area contributed by atoms with Crippen LogP contribution in [0.3, 0.4) is 0 Å². The summed E-state index contributed by atoms with van der Waals surface area (Å²) in [5.41, 5.74) is 1.43. The summed E-state index contributed by atoms with van der Waals surface area (Å²) in [6.45, 7) is 3.35. The molecule has 1 saturated heterocycles. The van der Waals surface area contributed by atoms with E-state index in [2.05, 4.69) is 12.2 Å². The lowest BCUT2D eigenvalue weighted by Crippen LogP contribution is -2.38. The van der Waals surface area contributed by atoms with Crippen molar-refractivity contribution in [3.8, 4) is 0 Å². The van der Waals surface area contributed by atoms with E-state index in [1.165, 1.54) is 30.5 Å². The maximum absolute atomic E-state index is 12.7. The van der Waals surface area contributed by atoms with Gasteiger partial charge in [0.2, 0.25) is 0 Å². The average molecular weight is 193 g/mol. The van der Waals surface area contributed by atoms with Crippen molar-refractivity contribution in [1.29, 1.82) is 0 Å². The molecule has 1 aliphatic rings. The molecule has 0 aromatic heterocycles. The van der Waals surface area contributed by atoms with Gasteiger partial charge in [0.05, 0.1) is 0 Å². The molecule has 1 heterocycles. The Morgan fingerprint density at radius 3 is 2.64 bits per heavy atom. The van der Waals surface area contributed by atoms with Crippen LogP contribution >= 0.6 is 0 Å². The highest BCUT2D eigenvalue weighted by molar-refractivity contribution is 5.19. The number of hydrogen-bond acceptors (Lipinski definition) is 1. The van der Waals surface area contributed by atoms with Crippen LogP contribution in [0.2, 0.25) is 0 Å². The predicted molar refractivity (Wildman–Crippen MR) is 55.7 cm³/mol. The van der Waals surface area contributed by atoms with E-state index in [1.807, 2.05) is 12.1 Å². The van der Waals surface area contributed by atoms with Gasteiger partial charge in [0.15, 0.2) is 0 Å². The second-order valence-electron chi connectivity index (χ2n) is 4.39. The summed E-state index contributed by atoms with van der Waals surface area (Å²) in [6.07, 6.45) is 3.45. The maximum Gasteiger partial charge on any atom is 0.123 e. The van der Waals surface area contributed by atoms with Crippen LogP contribution in [-0.4, -0.2) is 12.1 Å². The third kappa shape index (κ3) is 2.13. The van der Waals surface area contributed by atoms with Crippen LogP contribution in [0.25, 0.3) is 0 Å². The predicted octanol–water partition coefficient (Wildman–Crippen LogP) is 2.51. The van der Waals surface area contributed by atoms with E-state index < -0.39 is 0 Å². The lowest BCUT2D eigenvalue weighted by Gasteiger charge is -2.24. The number of nitrogens with one attached hydrogen (secondary N) is 1. The molecule has 1 aromatic rings. The molecule has 0 unspecified atom stereocenters. The first-order valence-corrected chi connectivity index (χ1v) is 5.17. The second kappa shape index (κ2) is 3.70. The van der Waals surface area contributed by atoms with Gasteiger partial charge in [0.25, 0.3) is 0 Å². The summed E-state index contributed by atoms with van der Waals surface area (Å²) in [5, 5.41) is 3.50. The van der Waals surface area contributed by atoms with E-state index >= 15 is 0 Å². The van der Waals surface area contributed by atoms with Crippen LogP contribution in [0.1, 0.15) is 25.3 Å². The smallest absolute Gasteiger partial charge is 0.123 e. The van der Waals surface area contributed by atoms with Crippen LogP contribution in [-0.2, 0) is 6.42 Å². The Morgan fingerprint density at radius 2 is 2.07 bits per heavy atom. The Bertz CT molecular complexity index is 299. The summed E-state index contributed by atoms with van der Waals surface area (Å²) in [6, 6.07) is 6.82. The quantitative estimate of drug-likeness (QED) is 0.761. The van der Waals surface area contributed by atoms with Crippen LogP contribution in [0.15, 0.2) is 24.3 Å². The van der Waals surface area contributed by atoms with Crippen LogP contribution in [0.5, 0.6) is 0 Å². The number of benzene rings is 1. The zero-order chi connectivity index (χ0) is 10.0. The average Bonchev–Trinajstić information content (AvgIpc) is 2.57. The molecule has 0 aliphatic carbocycles. The number of halogens is 1. The molecule has 1 nitrogen and oxygen atoms in total. The number of hydrogen-bond donors (Lipinski definition) is 1. The third-order valence-corrected chi connectivity index (χ3v) is 2.96. The van der Waals surface area contributed by atoms with Gasteiger partial charge in [-0.25, -0.2) is 4.39 Å². The van der Waals surface area contributed by atoms with E-state index in [9.17, 15) is 4.39 Å². The molecule has 0 amide bonds. The maximum atomic E-state index is 12.7. The van der Waals surface area contributed by atoms with Crippen molar-refractivity contribution in [3.63, 3.8) is 0 Å². The molecule has 0 bridgehead atoms.